The number of esters is 1. The van der Waals surface area contributed by atoms with E-state index in [9.17, 15) is 13.6 Å². The molecule has 0 saturated carbocycles. The fourth-order valence-electron chi connectivity index (χ4n) is 5.82. The number of carbonyl (C=O) groups is 1. The van der Waals surface area contributed by atoms with Crippen molar-refractivity contribution < 1.29 is 31.8 Å². The molecule has 1 aliphatic rings. The van der Waals surface area contributed by atoms with Gasteiger partial charge in [-0.2, -0.15) is 0 Å². The lowest BCUT2D eigenvalue weighted by atomic mass is 9.74. The van der Waals surface area contributed by atoms with Gasteiger partial charge in [-0.25, -0.2) is 22.5 Å². The van der Waals surface area contributed by atoms with E-state index in [-0.39, 0.29) is 41.1 Å². The summed E-state index contributed by atoms with van der Waals surface area (Å²) in [6.07, 6.45) is 4.08. The van der Waals surface area contributed by atoms with Gasteiger partial charge in [0.2, 0.25) is 0 Å². The van der Waals surface area contributed by atoms with Crippen LogP contribution in [0.5, 0.6) is 5.75 Å². The number of aromatic amines is 2. The van der Waals surface area contributed by atoms with Gasteiger partial charge in [0.25, 0.3) is 0 Å². The molecule has 0 radical (unpaired) electrons. The lowest BCUT2D eigenvalue weighted by molar-refractivity contribution is -0.143. The maximum Gasteiger partial charge on any atom is 0.306 e. The number of hydrogen-bond donors (Lipinski definition) is 2. The van der Waals surface area contributed by atoms with Crippen LogP contribution in [0.3, 0.4) is 0 Å². The maximum absolute atomic E-state index is 15.1. The van der Waals surface area contributed by atoms with Crippen molar-refractivity contribution in [1.82, 2.24) is 15.0 Å². The first-order valence-electron chi connectivity index (χ1n) is 14.1. The Kier molecular flexibility index (Phi) is 7.45. The Balaban J connectivity index is 1.31. The minimum atomic E-state index is -1.29. The second-order valence-electron chi connectivity index (χ2n) is 10.8. The van der Waals surface area contributed by atoms with Crippen molar-refractivity contribution in [2.75, 3.05) is 13.2 Å². The normalized spacial score (nSPS) is 16.2. The van der Waals surface area contributed by atoms with Gasteiger partial charge < -0.3 is 19.4 Å². The molecular weight excluding hydrogens is 562 g/mol. The number of rotatable bonds is 8. The first kappa shape index (κ1) is 28.5. The Morgan fingerprint density at radius 1 is 1.07 bits per heavy atom. The van der Waals surface area contributed by atoms with Crippen molar-refractivity contribution in [2.45, 2.75) is 44.9 Å². The number of nitrogens with zero attached hydrogens (tertiary/aromatic N) is 1. The fraction of sp³-hybridized carbons (Fsp3) is 0.273. The molecule has 43 heavy (non-hydrogen) atoms. The topological polar surface area (TPSA) is 80.0 Å². The van der Waals surface area contributed by atoms with E-state index in [1.165, 1.54) is 30.5 Å². The molecule has 10 heteroatoms. The molecule has 0 saturated heterocycles. The quantitative estimate of drug-likeness (QED) is 0.113. The van der Waals surface area contributed by atoms with Gasteiger partial charge in [0.15, 0.2) is 11.6 Å². The number of fused-ring (bicyclic) bond motifs is 2. The number of carbonyl (C=O) groups excluding carboxylic acids is 1. The number of ether oxygens (including phenoxy) is 2. The van der Waals surface area contributed by atoms with Gasteiger partial charge in [-0.05, 0) is 56.0 Å². The van der Waals surface area contributed by atoms with Crippen LogP contribution in [0.1, 0.15) is 54.6 Å². The van der Waals surface area contributed by atoms with Gasteiger partial charge in [0, 0.05) is 47.2 Å². The third-order valence-electron chi connectivity index (χ3n) is 8.18. The van der Waals surface area contributed by atoms with Crippen LogP contribution in [0, 0.1) is 23.3 Å². The van der Waals surface area contributed by atoms with Crippen LogP contribution in [-0.2, 0) is 27.8 Å². The van der Waals surface area contributed by atoms with Gasteiger partial charge in [-0.1, -0.05) is 24.3 Å². The highest BCUT2D eigenvalue weighted by Crippen LogP contribution is 2.45. The van der Waals surface area contributed by atoms with Crippen molar-refractivity contribution in [3.63, 3.8) is 0 Å². The average Bonchev–Trinajstić information content (AvgIpc) is 3.70. The van der Waals surface area contributed by atoms with Crippen LogP contribution in [0.15, 0.2) is 54.9 Å². The maximum atomic E-state index is 15.1. The van der Waals surface area contributed by atoms with E-state index in [0.29, 0.717) is 43.1 Å². The number of imidazole rings is 1. The molecule has 1 atom stereocenters. The Morgan fingerprint density at radius 3 is 2.72 bits per heavy atom. The summed E-state index contributed by atoms with van der Waals surface area (Å²) in [5.41, 5.74) is 1.70. The number of H-pyrrole nitrogens is 2. The molecule has 6 nitrogen and oxygen atoms in total. The molecule has 6 rings (SSSR count). The van der Waals surface area contributed by atoms with Crippen LogP contribution in [0.2, 0.25) is 0 Å². The van der Waals surface area contributed by atoms with Crippen molar-refractivity contribution in [1.29, 1.82) is 0 Å². The lowest BCUT2D eigenvalue weighted by Crippen LogP contribution is -2.32. The Morgan fingerprint density at radius 2 is 1.91 bits per heavy atom. The number of aromatic nitrogens is 3. The Labute approximate surface area is 245 Å². The van der Waals surface area contributed by atoms with Crippen LogP contribution in [0.25, 0.3) is 22.3 Å². The fourth-order valence-corrected chi connectivity index (χ4v) is 5.82. The van der Waals surface area contributed by atoms with Gasteiger partial charge in [-0.3, -0.25) is 4.79 Å². The standard InChI is InChI=1S/C33H29F4N3O3/c1-3-42-26(41)10-8-19-5-4-6-23-31(19)43-14-12-33(23,2)25-17-39-32(40-25)21-15-18(7-9-24(21)34)16-22-27(35)20-11-13-38-30(20)29(37)28(22)36/h4-7,9,11,13,15,17,38H,3,8,10,12,14,16H2,1-2H3,(H,39,40). The van der Waals surface area contributed by atoms with Crippen molar-refractivity contribution in [3.8, 4) is 17.1 Å². The molecule has 5 aromatic rings. The SMILES string of the molecule is CCOC(=O)CCc1cccc2c1OCCC2(C)c1c[nH]c(-c2cc(Cc3c(F)c(F)c4[nH]ccc4c3F)ccc2F)n1. The van der Waals surface area contributed by atoms with Gasteiger partial charge in [0.05, 0.1) is 30.0 Å². The molecule has 1 aliphatic heterocycles. The molecule has 2 N–H and O–H groups in total. The minimum absolute atomic E-state index is 0.0547. The van der Waals surface area contributed by atoms with Crippen LogP contribution in [0.4, 0.5) is 17.6 Å². The molecule has 3 heterocycles. The average molecular weight is 592 g/mol. The summed E-state index contributed by atoms with van der Waals surface area (Å²) in [6.45, 7) is 4.54. The molecule has 3 aromatic carbocycles. The van der Waals surface area contributed by atoms with Gasteiger partial charge in [-0.15, -0.1) is 0 Å². The third-order valence-corrected chi connectivity index (χ3v) is 8.18. The van der Waals surface area contributed by atoms with E-state index in [0.717, 1.165) is 11.1 Å². The van der Waals surface area contributed by atoms with Crippen molar-refractivity contribution >= 4 is 16.9 Å². The van der Waals surface area contributed by atoms with E-state index in [1.54, 1.807) is 13.1 Å². The van der Waals surface area contributed by atoms with Crippen molar-refractivity contribution in [2.24, 2.45) is 0 Å². The predicted octanol–water partition coefficient (Wildman–Crippen LogP) is 7.29. The molecule has 0 spiro atoms. The van der Waals surface area contributed by atoms with E-state index in [4.69, 9.17) is 14.5 Å². The van der Waals surface area contributed by atoms with Gasteiger partial charge >= 0.3 is 5.97 Å². The Hall–Kier alpha value is -4.60. The first-order chi connectivity index (χ1) is 20.7. The molecular formula is C33H29F4N3O3. The lowest BCUT2D eigenvalue weighted by Gasteiger charge is -2.35. The van der Waals surface area contributed by atoms with Crippen LogP contribution in [-0.4, -0.2) is 34.1 Å². The summed E-state index contributed by atoms with van der Waals surface area (Å²) in [5.74, 6) is -3.22. The highest BCUT2D eigenvalue weighted by molar-refractivity contribution is 5.82. The molecule has 0 fully saturated rings. The second kappa shape index (κ2) is 11.2. The van der Waals surface area contributed by atoms with E-state index >= 15 is 8.78 Å². The number of hydrogen-bond acceptors (Lipinski definition) is 4. The molecule has 1 unspecified atom stereocenters. The monoisotopic (exact) mass is 591 g/mol. The summed E-state index contributed by atoms with van der Waals surface area (Å²) in [5, 5.41) is -0.0547. The zero-order chi connectivity index (χ0) is 30.3. The van der Waals surface area contributed by atoms with E-state index in [2.05, 4.69) is 9.97 Å². The molecule has 0 aliphatic carbocycles. The molecule has 0 bridgehead atoms. The first-order valence-corrected chi connectivity index (χ1v) is 14.1. The molecule has 222 valence electrons. The number of halogens is 4. The van der Waals surface area contributed by atoms with Crippen molar-refractivity contribution in [3.05, 3.63) is 106 Å². The second-order valence-corrected chi connectivity index (χ2v) is 10.8. The highest BCUT2D eigenvalue weighted by Gasteiger charge is 2.38. The zero-order valence-electron chi connectivity index (χ0n) is 23.6. The van der Waals surface area contributed by atoms with Crippen LogP contribution >= 0.6 is 0 Å². The summed E-state index contributed by atoms with van der Waals surface area (Å²) in [6, 6.07) is 11.2. The summed E-state index contributed by atoms with van der Waals surface area (Å²) in [4.78, 5) is 22.3. The van der Waals surface area contributed by atoms with Crippen LogP contribution < -0.4 is 4.74 Å². The summed E-state index contributed by atoms with van der Waals surface area (Å²) in [7, 11) is 0. The minimum Gasteiger partial charge on any atom is -0.493 e. The summed E-state index contributed by atoms with van der Waals surface area (Å²) >= 11 is 0. The smallest absolute Gasteiger partial charge is 0.306 e. The number of benzene rings is 3. The van der Waals surface area contributed by atoms with E-state index in [1.807, 2.05) is 25.1 Å². The number of para-hydroxylation sites is 1. The predicted molar refractivity (Wildman–Crippen MR) is 153 cm³/mol. The summed E-state index contributed by atoms with van der Waals surface area (Å²) < 4.78 is 70.7. The highest BCUT2D eigenvalue weighted by atomic mass is 19.2. The van der Waals surface area contributed by atoms with Gasteiger partial charge in [0.1, 0.15) is 23.2 Å². The largest absolute Gasteiger partial charge is 0.493 e. The third kappa shape index (κ3) is 5.04. The number of nitrogens with one attached hydrogen (secondary N) is 2. The molecule has 0 amide bonds. The zero-order valence-corrected chi connectivity index (χ0v) is 23.6. The Bertz CT molecular complexity index is 1850. The van der Waals surface area contributed by atoms with E-state index < -0.39 is 34.2 Å². The molecule has 2 aromatic heterocycles. The number of aryl methyl sites for hydroxylation is 1.